The first kappa shape index (κ1) is 17.8. The lowest BCUT2D eigenvalue weighted by Crippen LogP contribution is -2.51. The van der Waals surface area contributed by atoms with Crippen LogP contribution < -0.4 is 5.32 Å². The van der Waals surface area contributed by atoms with Crippen molar-refractivity contribution in [2.24, 2.45) is 5.92 Å². The smallest absolute Gasteiger partial charge is 0.326 e. The molecule has 0 aromatic carbocycles. The first-order chi connectivity index (χ1) is 9.39. The molecule has 1 aliphatic carbocycles. The Hall–Kier alpha value is -0.220. The Kier molecular flexibility index (Phi) is 7.38. The molecule has 0 radical (unpaired) electrons. The molecule has 2 unspecified atom stereocenters. The Morgan fingerprint density at radius 3 is 2.55 bits per heavy atom. The third-order valence-corrected chi connectivity index (χ3v) is 5.56. The summed E-state index contributed by atoms with van der Waals surface area (Å²) in [5.41, 5.74) is -0.501. The fourth-order valence-corrected chi connectivity index (χ4v) is 3.16. The van der Waals surface area contributed by atoms with Gasteiger partial charge in [-0.25, -0.2) is 0 Å². The Bertz CT molecular complexity index is 305. The molecule has 3 nitrogen and oxygen atoms in total. The molecule has 1 saturated carbocycles. The van der Waals surface area contributed by atoms with Crippen molar-refractivity contribution in [2.45, 2.75) is 77.1 Å². The molecule has 0 amide bonds. The monoisotopic (exact) mass is 301 g/mol. The quantitative estimate of drug-likeness (QED) is 0.494. The molecule has 1 fully saturated rings. The number of nitrogens with one attached hydrogen (secondary N) is 1. The van der Waals surface area contributed by atoms with Crippen LogP contribution in [0.5, 0.6) is 0 Å². The molecular formula is C16H31NO2S. The Balaban J connectivity index is 2.38. The number of thioether (sulfide) groups is 1. The zero-order valence-electron chi connectivity index (χ0n) is 13.7. The van der Waals surface area contributed by atoms with E-state index in [1.54, 1.807) is 0 Å². The van der Waals surface area contributed by atoms with E-state index in [-0.39, 0.29) is 5.97 Å². The molecule has 20 heavy (non-hydrogen) atoms. The Morgan fingerprint density at radius 1 is 1.40 bits per heavy atom. The van der Waals surface area contributed by atoms with Crippen LogP contribution in [0.2, 0.25) is 0 Å². The number of ether oxygens (including phenoxy) is 1. The molecule has 118 valence electrons. The summed E-state index contributed by atoms with van der Waals surface area (Å²) >= 11 is 2.00. The molecule has 1 aliphatic rings. The van der Waals surface area contributed by atoms with Crippen molar-refractivity contribution >= 4 is 17.7 Å². The summed E-state index contributed by atoms with van der Waals surface area (Å²) in [5.74, 6) is 1.73. The lowest BCUT2D eigenvalue weighted by atomic mass is 9.96. The number of rotatable bonds is 10. The van der Waals surface area contributed by atoms with Crippen LogP contribution in [0.15, 0.2) is 0 Å². The van der Waals surface area contributed by atoms with Gasteiger partial charge in [0, 0.05) is 11.3 Å². The van der Waals surface area contributed by atoms with E-state index < -0.39 is 5.54 Å². The van der Waals surface area contributed by atoms with Gasteiger partial charge in [0.15, 0.2) is 0 Å². The SMILES string of the molecule is CCOC(=O)C(C)(CCCSC(C)C(C)C)NC1CC1. The molecule has 0 aliphatic heterocycles. The van der Waals surface area contributed by atoms with Crippen molar-refractivity contribution in [1.29, 1.82) is 0 Å². The minimum atomic E-state index is -0.501. The maximum atomic E-state index is 12.2. The van der Waals surface area contributed by atoms with E-state index >= 15 is 0 Å². The summed E-state index contributed by atoms with van der Waals surface area (Å²) in [5, 5.41) is 4.16. The topological polar surface area (TPSA) is 38.3 Å². The number of esters is 1. The highest BCUT2D eigenvalue weighted by Crippen LogP contribution is 2.27. The lowest BCUT2D eigenvalue weighted by molar-refractivity contribution is -0.151. The van der Waals surface area contributed by atoms with Crippen molar-refractivity contribution in [2.75, 3.05) is 12.4 Å². The molecule has 0 aromatic heterocycles. The van der Waals surface area contributed by atoms with Gasteiger partial charge in [-0.1, -0.05) is 20.8 Å². The minimum absolute atomic E-state index is 0.0891. The predicted octanol–water partition coefficient (Wildman–Crippen LogP) is 3.62. The summed E-state index contributed by atoms with van der Waals surface area (Å²) in [4.78, 5) is 12.2. The van der Waals surface area contributed by atoms with E-state index in [2.05, 4.69) is 26.1 Å². The summed E-state index contributed by atoms with van der Waals surface area (Å²) in [7, 11) is 0. The maximum absolute atomic E-state index is 12.2. The normalized spacial score (nSPS) is 19.7. The van der Waals surface area contributed by atoms with Gasteiger partial charge < -0.3 is 4.74 Å². The third-order valence-electron chi connectivity index (χ3n) is 3.97. The number of carbonyl (C=O) groups excluding carboxylic acids is 1. The number of hydrogen-bond acceptors (Lipinski definition) is 4. The van der Waals surface area contributed by atoms with E-state index in [0.29, 0.717) is 23.8 Å². The summed E-state index contributed by atoms with van der Waals surface area (Å²) < 4.78 is 5.24. The van der Waals surface area contributed by atoms with Crippen LogP contribution in [0.25, 0.3) is 0 Å². The van der Waals surface area contributed by atoms with E-state index in [0.717, 1.165) is 18.6 Å². The average molecular weight is 301 g/mol. The lowest BCUT2D eigenvalue weighted by Gasteiger charge is -2.29. The molecule has 1 N–H and O–H groups in total. The van der Waals surface area contributed by atoms with Crippen molar-refractivity contribution in [3.8, 4) is 0 Å². The van der Waals surface area contributed by atoms with E-state index in [4.69, 9.17) is 4.74 Å². The maximum Gasteiger partial charge on any atom is 0.326 e. The molecule has 4 heteroatoms. The minimum Gasteiger partial charge on any atom is -0.465 e. The second kappa shape index (κ2) is 8.28. The standard InChI is InChI=1S/C16H31NO2S/c1-6-19-15(18)16(5,17-14-8-9-14)10-7-11-20-13(4)12(2)3/h12-14,17H,6-11H2,1-5H3. The van der Waals surface area contributed by atoms with Crippen molar-refractivity contribution < 1.29 is 9.53 Å². The summed E-state index contributed by atoms with van der Waals surface area (Å²) in [6.07, 6.45) is 4.29. The van der Waals surface area contributed by atoms with Gasteiger partial charge in [0.25, 0.3) is 0 Å². The zero-order chi connectivity index (χ0) is 15.2. The van der Waals surface area contributed by atoms with Gasteiger partial charge in [-0.3, -0.25) is 10.1 Å². The molecule has 0 saturated heterocycles. The van der Waals surface area contributed by atoms with Gasteiger partial charge in [-0.05, 0) is 51.2 Å². The molecule has 0 heterocycles. The highest BCUT2D eigenvalue weighted by molar-refractivity contribution is 7.99. The van der Waals surface area contributed by atoms with E-state index in [9.17, 15) is 4.79 Å². The van der Waals surface area contributed by atoms with Crippen LogP contribution in [0.3, 0.4) is 0 Å². The van der Waals surface area contributed by atoms with Crippen LogP contribution in [0.1, 0.15) is 60.3 Å². The highest BCUT2D eigenvalue weighted by Gasteiger charge is 2.39. The van der Waals surface area contributed by atoms with Gasteiger partial charge in [0.2, 0.25) is 0 Å². The first-order valence-electron chi connectivity index (χ1n) is 7.95. The molecule has 0 spiro atoms. The van der Waals surface area contributed by atoms with Gasteiger partial charge in [-0.2, -0.15) is 11.8 Å². The fourth-order valence-electron chi connectivity index (χ4n) is 2.09. The van der Waals surface area contributed by atoms with Crippen LogP contribution in [-0.4, -0.2) is 35.2 Å². The van der Waals surface area contributed by atoms with E-state index in [1.807, 2.05) is 25.6 Å². The van der Waals surface area contributed by atoms with E-state index in [1.165, 1.54) is 12.8 Å². The molecule has 0 aromatic rings. The second-order valence-corrected chi connectivity index (χ2v) is 7.88. The van der Waals surface area contributed by atoms with Crippen molar-refractivity contribution in [3.05, 3.63) is 0 Å². The number of carbonyl (C=O) groups is 1. The van der Waals surface area contributed by atoms with Gasteiger partial charge >= 0.3 is 5.97 Å². The van der Waals surface area contributed by atoms with Crippen molar-refractivity contribution in [3.63, 3.8) is 0 Å². The summed E-state index contributed by atoms with van der Waals surface area (Å²) in [6.45, 7) is 11.1. The Labute approximate surface area is 128 Å². The van der Waals surface area contributed by atoms with Crippen LogP contribution in [0.4, 0.5) is 0 Å². The zero-order valence-corrected chi connectivity index (χ0v) is 14.5. The van der Waals surface area contributed by atoms with Crippen LogP contribution in [0, 0.1) is 5.92 Å². The first-order valence-corrected chi connectivity index (χ1v) is 9.00. The average Bonchev–Trinajstić information content (AvgIpc) is 3.18. The molecule has 2 atom stereocenters. The predicted molar refractivity (Wildman–Crippen MR) is 87.2 cm³/mol. The summed E-state index contributed by atoms with van der Waals surface area (Å²) in [6, 6.07) is 0.520. The van der Waals surface area contributed by atoms with Crippen LogP contribution in [-0.2, 0) is 9.53 Å². The molecule has 0 bridgehead atoms. The second-order valence-electron chi connectivity index (χ2n) is 6.39. The third kappa shape index (κ3) is 6.04. The van der Waals surface area contributed by atoms with Gasteiger partial charge in [-0.15, -0.1) is 0 Å². The van der Waals surface area contributed by atoms with Gasteiger partial charge in [0.05, 0.1) is 6.61 Å². The van der Waals surface area contributed by atoms with Crippen LogP contribution >= 0.6 is 11.8 Å². The largest absolute Gasteiger partial charge is 0.465 e. The highest BCUT2D eigenvalue weighted by atomic mass is 32.2. The Morgan fingerprint density at radius 2 is 2.05 bits per heavy atom. The molecule has 1 rings (SSSR count). The van der Waals surface area contributed by atoms with Gasteiger partial charge in [0.1, 0.15) is 5.54 Å². The fraction of sp³-hybridized carbons (Fsp3) is 0.938. The molecular weight excluding hydrogens is 270 g/mol. The number of hydrogen-bond donors (Lipinski definition) is 1. The van der Waals surface area contributed by atoms with Crippen molar-refractivity contribution in [1.82, 2.24) is 5.32 Å².